The van der Waals surface area contributed by atoms with E-state index in [4.69, 9.17) is 0 Å². The number of alkyl halides is 1. The zero-order valence-corrected chi connectivity index (χ0v) is 9.92. The number of nitrogens with zero attached hydrogens (tertiary/aromatic N) is 2. The molecule has 2 N–H and O–H groups in total. The number of nitrogens with one attached hydrogen (secondary N) is 2. The fraction of sp³-hybridized carbons (Fsp3) is 1.00. The highest BCUT2D eigenvalue weighted by Crippen LogP contribution is 2.06. The van der Waals surface area contributed by atoms with Crippen LogP contribution in [0.1, 0.15) is 6.42 Å². The lowest BCUT2D eigenvalue weighted by Crippen LogP contribution is -2.61. The smallest absolute Gasteiger partial charge is 0.0906 e. The van der Waals surface area contributed by atoms with E-state index in [2.05, 4.69) is 20.4 Å². The van der Waals surface area contributed by atoms with Gasteiger partial charge in [0.15, 0.2) is 0 Å². The molecule has 16 heavy (non-hydrogen) atoms. The Morgan fingerprint density at radius 1 is 1.12 bits per heavy atom. The SMILES string of the molecule is FCCCN1CCN(C2CNCCN2)CC1. The summed E-state index contributed by atoms with van der Waals surface area (Å²) in [6, 6.07) is 0. The van der Waals surface area contributed by atoms with Gasteiger partial charge in [0, 0.05) is 52.4 Å². The Morgan fingerprint density at radius 3 is 2.56 bits per heavy atom. The molecule has 0 aromatic rings. The quantitative estimate of drug-likeness (QED) is 0.680. The first-order valence-electron chi connectivity index (χ1n) is 6.36. The van der Waals surface area contributed by atoms with Gasteiger partial charge in [-0.05, 0) is 6.42 Å². The molecule has 0 aliphatic carbocycles. The molecule has 0 spiro atoms. The molecular formula is C11H23FN4. The number of halogens is 1. The summed E-state index contributed by atoms with van der Waals surface area (Å²) in [4.78, 5) is 4.87. The Labute approximate surface area is 97.2 Å². The van der Waals surface area contributed by atoms with Gasteiger partial charge in [0.25, 0.3) is 0 Å². The second-order valence-electron chi connectivity index (χ2n) is 4.59. The third-order valence-corrected chi connectivity index (χ3v) is 3.48. The summed E-state index contributed by atoms with van der Waals surface area (Å²) in [5.41, 5.74) is 0. The van der Waals surface area contributed by atoms with Crippen LogP contribution in [0.3, 0.4) is 0 Å². The van der Waals surface area contributed by atoms with Crippen LogP contribution in [0.15, 0.2) is 0 Å². The molecule has 4 nitrogen and oxygen atoms in total. The normalized spacial score (nSPS) is 29.4. The zero-order chi connectivity index (χ0) is 11.2. The topological polar surface area (TPSA) is 30.5 Å². The standard InChI is InChI=1S/C11H23FN4/c12-2-1-5-15-6-8-16(9-7-15)11-10-13-3-4-14-11/h11,13-14H,1-10H2. The van der Waals surface area contributed by atoms with E-state index in [9.17, 15) is 4.39 Å². The van der Waals surface area contributed by atoms with Crippen LogP contribution in [-0.2, 0) is 0 Å². The van der Waals surface area contributed by atoms with E-state index in [1.165, 1.54) is 0 Å². The fourth-order valence-electron chi connectivity index (χ4n) is 2.48. The van der Waals surface area contributed by atoms with E-state index >= 15 is 0 Å². The highest BCUT2D eigenvalue weighted by molar-refractivity contribution is 4.81. The van der Waals surface area contributed by atoms with Crippen LogP contribution in [0.25, 0.3) is 0 Å². The van der Waals surface area contributed by atoms with Gasteiger partial charge in [0.2, 0.25) is 0 Å². The second-order valence-corrected chi connectivity index (χ2v) is 4.59. The van der Waals surface area contributed by atoms with E-state index in [0.29, 0.717) is 12.6 Å². The number of rotatable bonds is 4. The first kappa shape index (κ1) is 12.2. The zero-order valence-electron chi connectivity index (χ0n) is 9.92. The first-order valence-corrected chi connectivity index (χ1v) is 6.36. The van der Waals surface area contributed by atoms with Gasteiger partial charge in [-0.1, -0.05) is 0 Å². The predicted octanol–water partition coefficient (Wildman–Crippen LogP) is -0.517. The summed E-state index contributed by atoms with van der Waals surface area (Å²) in [7, 11) is 0. The van der Waals surface area contributed by atoms with Gasteiger partial charge >= 0.3 is 0 Å². The maximum Gasteiger partial charge on any atom is 0.0906 e. The van der Waals surface area contributed by atoms with Gasteiger partial charge in [-0.15, -0.1) is 0 Å². The fourth-order valence-corrected chi connectivity index (χ4v) is 2.48. The molecule has 5 heteroatoms. The monoisotopic (exact) mass is 230 g/mol. The van der Waals surface area contributed by atoms with Crippen molar-refractivity contribution in [2.45, 2.75) is 12.6 Å². The van der Waals surface area contributed by atoms with Crippen LogP contribution < -0.4 is 10.6 Å². The van der Waals surface area contributed by atoms with E-state index < -0.39 is 0 Å². The van der Waals surface area contributed by atoms with Gasteiger partial charge in [-0.2, -0.15) is 0 Å². The molecule has 2 rings (SSSR count). The van der Waals surface area contributed by atoms with Crippen LogP contribution in [0, 0.1) is 0 Å². The van der Waals surface area contributed by atoms with Crippen molar-refractivity contribution in [1.29, 1.82) is 0 Å². The van der Waals surface area contributed by atoms with Crippen LogP contribution in [0.5, 0.6) is 0 Å². The van der Waals surface area contributed by atoms with Crippen LogP contribution in [-0.4, -0.2) is 75.0 Å². The Morgan fingerprint density at radius 2 is 1.94 bits per heavy atom. The van der Waals surface area contributed by atoms with Gasteiger partial charge < -0.3 is 10.2 Å². The second kappa shape index (κ2) is 6.49. The highest BCUT2D eigenvalue weighted by Gasteiger charge is 2.24. The summed E-state index contributed by atoms with van der Waals surface area (Å²) in [5.74, 6) is 0. The largest absolute Gasteiger partial charge is 0.313 e. The van der Waals surface area contributed by atoms with Crippen LogP contribution in [0.2, 0.25) is 0 Å². The summed E-state index contributed by atoms with van der Waals surface area (Å²) in [6.45, 7) is 8.28. The van der Waals surface area contributed by atoms with Crippen molar-refractivity contribution >= 4 is 0 Å². The Hall–Kier alpha value is -0.230. The third-order valence-electron chi connectivity index (χ3n) is 3.48. The molecule has 94 valence electrons. The van der Waals surface area contributed by atoms with Crippen molar-refractivity contribution < 1.29 is 4.39 Å². The molecule has 0 amide bonds. The number of hydrogen-bond donors (Lipinski definition) is 2. The lowest BCUT2D eigenvalue weighted by molar-refractivity contribution is 0.0729. The third kappa shape index (κ3) is 3.38. The molecule has 0 saturated carbocycles. The molecule has 2 fully saturated rings. The molecule has 2 aliphatic rings. The van der Waals surface area contributed by atoms with Crippen molar-refractivity contribution in [3.8, 4) is 0 Å². The Kier molecular flexibility index (Phi) is 4.96. The molecule has 0 aromatic carbocycles. The Bertz CT molecular complexity index is 188. The van der Waals surface area contributed by atoms with Crippen LogP contribution in [0.4, 0.5) is 4.39 Å². The summed E-state index contributed by atoms with van der Waals surface area (Å²) < 4.78 is 12.1. The number of piperazine rings is 2. The van der Waals surface area contributed by atoms with Crippen molar-refractivity contribution in [3.63, 3.8) is 0 Å². The van der Waals surface area contributed by atoms with E-state index in [0.717, 1.165) is 52.4 Å². The van der Waals surface area contributed by atoms with Gasteiger partial charge in [-0.25, -0.2) is 0 Å². The summed E-state index contributed by atoms with van der Waals surface area (Å²) in [6.07, 6.45) is 1.18. The molecular weight excluding hydrogens is 207 g/mol. The highest BCUT2D eigenvalue weighted by atomic mass is 19.1. The molecule has 0 radical (unpaired) electrons. The lowest BCUT2D eigenvalue weighted by Gasteiger charge is -2.41. The van der Waals surface area contributed by atoms with Gasteiger partial charge in [-0.3, -0.25) is 14.6 Å². The van der Waals surface area contributed by atoms with E-state index in [-0.39, 0.29) is 6.67 Å². The lowest BCUT2D eigenvalue weighted by atomic mass is 10.2. The maximum absolute atomic E-state index is 12.1. The van der Waals surface area contributed by atoms with Crippen molar-refractivity contribution in [1.82, 2.24) is 20.4 Å². The Balaban J connectivity index is 1.67. The summed E-state index contributed by atoms with van der Waals surface area (Å²) >= 11 is 0. The minimum absolute atomic E-state index is 0.186. The van der Waals surface area contributed by atoms with Crippen LogP contribution >= 0.6 is 0 Å². The average Bonchev–Trinajstić information content (AvgIpc) is 2.38. The van der Waals surface area contributed by atoms with Crippen molar-refractivity contribution in [3.05, 3.63) is 0 Å². The number of hydrogen-bond acceptors (Lipinski definition) is 4. The first-order chi connectivity index (χ1) is 7.90. The molecule has 1 unspecified atom stereocenters. The minimum Gasteiger partial charge on any atom is -0.313 e. The molecule has 2 heterocycles. The molecule has 0 bridgehead atoms. The molecule has 1 atom stereocenters. The van der Waals surface area contributed by atoms with Crippen molar-refractivity contribution in [2.75, 3.05) is 59.0 Å². The predicted molar refractivity (Wildman–Crippen MR) is 63.3 cm³/mol. The minimum atomic E-state index is -0.186. The van der Waals surface area contributed by atoms with Crippen molar-refractivity contribution in [2.24, 2.45) is 0 Å². The molecule has 2 saturated heterocycles. The molecule has 2 aliphatic heterocycles. The molecule has 0 aromatic heterocycles. The van der Waals surface area contributed by atoms with E-state index in [1.807, 2.05) is 0 Å². The maximum atomic E-state index is 12.1. The summed E-state index contributed by atoms with van der Waals surface area (Å²) in [5, 5.41) is 6.94. The average molecular weight is 230 g/mol. The van der Waals surface area contributed by atoms with Gasteiger partial charge in [0.1, 0.15) is 0 Å². The van der Waals surface area contributed by atoms with Gasteiger partial charge in [0.05, 0.1) is 12.8 Å². The van der Waals surface area contributed by atoms with E-state index in [1.54, 1.807) is 0 Å².